The van der Waals surface area contributed by atoms with Gasteiger partial charge in [0, 0.05) is 30.4 Å². The number of ether oxygens (including phenoxy) is 1. The summed E-state index contributed by atoms with van der Waals surface area (Å²) in [5.74, 6) is 0.291. The van der Waals surface area contributed by atoms with Gasteiger partial charge in [-0.15, -0.1) is 0 Å². The molecule has 2 aromatic heterocycles. The zero-order chi connectivity index (χ0) is 11.4. The van der Waals surface area contributed by atoms with Gasteiger partial charge in [0.15, 0.2) is 0 Å². The summed E-state index contributed by atoms with van der Waals surface area (Å²) in [4.78, 5) is 15.6. The van der Waals surface area contributed by atoms with Gasteiger partial charge in [0.25, 0.3) is 0 Å². The standard InChI is InChI=1S/C10H10N4O2/c1-16-10-8(13-2-3-14-10)9(15)7-4-11-6-12-5-7/h2-6,9,15H,1H3. The minimum atomic E-state index is -0.940. The third-order valence-corrected chi connectivity index (χ3v) is 2.04. The highest BCUT2D eigenvalue weighted by Crippen LogP contribution is 2.24. The molecular weight excluding hydrogens is 208 g/mol. The van der Waals surface area contributed by atoms with Crippen LogP contribution >= 0.6 is 0 Å². The molecule has 0 spiro atoms. The van der Waals surface area contributed by atoms with Gasteiger partial charge in [-0.3, -0.25) is 4.98 Å². The molecule has 1 atom stereocenters. The highest BCUT2D eigenvalue weighted by atomic mass is 16.5. The molecule has 6 nitrogen and oxygen atoms in total. The number of rotatable bonds is 3. The van der Waals surface area contributed by atoms with Crippen molar-refractivity contribution in [2.24, 2.45) is 0 Å². The second-order valence-electron chi connectivity index (χ2n) is 3.03. The van der Waals surface area contributed by atoms with Gasteiger partial charge in [-0.05, 0) is 0 Å². The van der Waals surface area contributed by atoms with Crippen LogP contribution in [-0.4, -0.2) is 32.2 Å². The Bertz CT molecular complexity index is 463. The zero-order valence-electron chi connectivity index (χ0n) is 8.61. The van der Waals surface area contributed by atoms with E-state index >= 15 is 0 Å². The summed E-state index contributed by atoms with van der Waals surface area (Å²) in [5.41, 5.74) is 0.890. The van der Waals surface area contributed by atoms with E-state index in [0.29, 0.717) is 17.1 Å². The fourth-order valence-corrected chi connectivity index (χ4v) is 1.29. The molecule has 0 saturated carbocycles. The Labute approximate surface area is 92.0 Å². The van der Waals surface area contributed by atoms with Crippen LogP contribution in [-0.2, 0) is 0 Å². The van der Waals surface area contributed by atoms with Gasteiger partial charge < -0.3 is 9.84 Å². The first-order valence-electron chi connectivity index (χ1n) is 4.61. The van der Waals surface area contributed by atoms with Crippen LogP contribution in [0.25, 0.3) is 0 Å². The van der Waals surface area contributed by atoms with Gasteiger partial charge in [-0.25, -0.2) is 15.0 Å². The summed E-state index contributed by atoms with van der Waals surface area (Å²) < 4.78 is 5.01. The molecule has 2 rings (SSSR count). The minimum Gasteiger partial charge on any atom is -0.480 e. The monoisotopic (exact) mass is 218 g/mol. The van der Waals surface area contributed by atoms with E-state index in [1.165, 1.54) is 38.2 Å². The van der Waals surface area contributed by atoms with Gasteiger partial charge in [0.1, 0.15) is 18.1 Å². The first kappa shape index (κ1) is 10.4. The molecule has 0 aliphatic rings. The summed E-state index contributed by atoms with van der Waals surface area (Å²) in [6, 6.07) is 0. The normalized spacial score (nSPS) is 12.1. The van der Waals surface area contributed by atoms with Crippen LogP contribution < -0.4 is 4.74 Å². The highest BCUT2D eigenvalue weighted by molar-refractivity contribution is 5.27. The first-order valence-corrected chi connectivity index (χ1v) is 4.61. The molecule has 2 aromatic rings. The molecule has 1 unspecified atom stereocenters. The maximum absolute atomic E-state index is 10.0. The predicted molar refractivity (Wildman–Crippen MR) is 54.7 cm³/mol. The minimum absolute atomic E-state index is 0.291. The number of nitrogens with zero attached hydrogens (tertiary/aromatic N) is 4. The van der Waals surface area contributed by atoms with Crippen LogP contribution in [0.3, 0.4) is 0 Å². The molecule has 0 aliphatic heterocycles. The van der Waals surface area contributed by atoms with Crippen LogP contribution in [0.1, 0.15) is 17.4 Å². The van der Waals surface area contributed by atoms with Gasteiger partial charge in [0.05, 0.1) is 7.11 Å². The molecule has 0 fully saturated rings. The Morgan fingerprint density at radius 1 is 1.19 bits per heavy atom. The molecule has 6 heteroatoms. The van der Waals surface area contributed by atoms with Gasteiger partial charge >= 0.3 is 0 Å². The van der Waals surface area contributed by atoms with Crippen molar-refractivity contribution in [2.75, 3.05) is 7.11 Å². The first-order chi connectivity index (χ1) is 7.83. The van der Waals surface area contributed by atoms with Crippen LogP contribution in [0.5, 0.6) is 5.88 Å². The third kappa shape index (κ3) is 1.96. The van der Waals surface area contributed by atoms with Gasteiger partial charge in [-0.1, -0.05) is 0 Å². The van der Waals surface area contributed by atoms with Gasteiger partial charge in [-0.2, -0.15) is 0 Å². The predicted octanol–water partition coefficient (Wildman–Crippen LogP) is 0.357. The summed E-state index contributed by atoms with van der Waals surface area (Å²) in [6.07, 6.45) is 6.48. The van der Waals surface area contributed by atoms with Crippen molar-refractivity contribution in [1.82, 2.24) is 19.9 Å². The third-order valence-electron chi connectivity index (χ3n) is 2.04. The van der Waals surface area contributed by atoms with Crippen molar-refractivity contribution >= 4 is 0 Å². The number of hydrogen-bond donors (Lipinski definition) is 1. The second kappa shape index (κ2) is 4.63. The number of aromatic nitrogens is 4. The smallest absolute Gasteiger partial charge is 0.238 e. The fraction of sp³-hybridized carbons (Fsp3) is 0.200. The lowest BCUT2D eigenvalue weighted by Gasteiger charge is -2.11. The Morgan fingerprint density at radius 2 is 1.88 bits per heavy atom. The van der Waals surface area contributed by atoms with Crippen molar-refractivity contribution in [1.29, 1.82) is 0 Å². The summed E-state index contributed by atoms with van der Waals surface area (Å²) >= 11 is 0. The average Bonchev–Trinajstić information content (AvgIpc) is 2.39. The van der Waals surface area contributed by atoms with Crippen LogP contribution in [0.4, 0.5) is 0 Å². The zero-order valence-corrected chi connectivity index (χ0v) is 8.61. The molecule has 0 amide bonds. The lowest BCUT2D eigenvalue weighted by Crippen LogP contribution is -2.06. The quantitative estimate of drug-likeness (QED) is 0.800. The average molecular weight is 218 g/mol. The molecule has 0 saturated heterocycles. The Balaban J connectivity index is 2.37. The Morgan fingerprint density at radius 3 is 2.56 bits per heavy atom. The molecule has 1 N–H and O–H groups in total. The van der Waals surface area contributed by atoms with E-state index in [0.717, 1.165) is 0 Å². The molecule has 0 aromatic carbocycles. The Kier molecular flexibility index (Phi) is 3.02. The summed E-state index contributed by atoms with van der Waals surface area (Å²) in [6.45, 7) is 0. The maximum Gasteiger partial charge on any atom is 0.238 e. The number of methoxy groups -OCH3 is 1. The van der Waals surface area contributed by atoms with Crippen LogP contribution in [0, 0.1) is 0 Å². The van der Waals surface area contributed by atoms with E-state index in [2.05, 4.69) is 19.9 Å². The molecule has 0 aliphatic carbocycles. The van der Waals surface area contributed by atoms with E-state index in [4.69, 9.17) is 4.74 Å². The number of aliphatic hydroxyl groups excluding tert-OH is 1. The highest BCUT2D eigenvalue weighted by Gasteiger charge is 2.17. The molecule has 0 bridgehead atoms. The fourth-order valence-electron chi connectivity index (χ4n) is 1.29. The molecular formula is C10H10N4O2. The van der Waals surface area contributed by atoms with Crippen molar-refractivity contribution < 1.29 is 9.84 Å². The summed E-state index contributed by atoms with van der Waals surface area (Å²) in [7, 11) is 1.47. The Hall–Kier alpha value is -2.08. The largest absolute Gasteiger partial charge is 0.480 e. The van der Waals surface area contributed by atoms with E-state index < -0.39 is 6.10 Å². The van der Waals surface area contributed by atoms with Gasteiger partial charge in [0.2, 0.25) is 5.88 Å². The van der Waals surface area contributed by atoms with E-state index in [1.54, 1.807) is 0 Å². The molecule has 0 radical (unpaired) electrons. The molecule has 16 heavy (non-hydrogen) atoms. The SMILES string of the molecule is COc1nccnc1C(O)c1cncnc1. The molecule has 82 valence electrons. The van der Waals surface area contributed by atoms with Crippen molar-refractivity contribution in [3.63, 3.8) is 0 Å². The molecule has 2 heterocycles. The lowest BCUT2D eigenvalue weighted by molar-refractivity contribution is 0.206. The van der Waals surface area contributed by atoms with Crippen LogP contribution in [0.2, 0.25) is 0 Å². The van der Waals surface area contributed by atoms with E-state index in [9.17, 15) is 5.11 Å². The van der Waals surface area contributed by atoms with Crippen molar-refractivity contribution in [3.05, 3.63) is 42.4 Å². The second-order valence-corrected chi connectivity index (χ2v) is 3.03. The maximum atomic E-state index is 10.0. The van der Waals surface area contributed by atoms with Crippen molar-refractivity contribution in [3.8, 4) is 5.88 Å². The topological polar surface area (TPSA) is 81.0 Å². The van der Waals surface area contributed by atoms with Crippen LogP contribution in [0.15, 0.2) is 31.1 Å². The number of hydrogen-bond acceptors (Lipinski definition) is 6. The van der Waals surface area contributed by atoms with E-state index in [1.807, 2.05) is 0 Å². The summed E-state index contributed by atoms with van der Waals surface area (Å²) in [5, 5.41) is 10.0. The lowest BCUT2D eigenvalue weighted by atomic mass is 10.1. The number of aliphatic hydroxyl groups is 1. The van der Waals surface area contributed by atoms with Crippen molar-refractivity contribution in [2.45, 2.75) is 6.10 Å². The van der Waals surface area contributed by atoms with E-state index in [-0.39, 0.29) is 0 Å².